The van der Waals surface area contributed by atoms with Gasteiger partial charge in [-0.2, -0.15) is 9.61 Å². The van der Waals surface area contributed by atoms with Gasteiger partial charge in [0.25, 0.3) is 0 Å². The molecule has 3 heterocycles. The summed E-state index contributed by atoms with van der Waals surface area (Å²) in [5, 5.41) is 10.7. The number of hydrogen-bond donors (Lipinski definition) is 1. The second kappa shape index (κ2) is 5.21. The van der Waals surface area contributed by atoms with Crippen LogP contribution in [0.4, 0.5) is 5.82 Å². The summed E-state index contributed by atoms with van der Waals surface area (Å²) in [5.74, 6) is 1.47. The van der Waals surface area contributed by atoms with Crippen molar-refractivity contribution in [3.05, 3.63) is 22.6 Å². The highest BCUT2D eigenvalue weighted by atomic mass is 35.5. The SMILES string of the molecule is O=c1[nH]nc2ccc(N3CCCCC3CCCl)nn12. The van der Waals surface area contributed by atoms with Crippen LogP contribution in [0, 0.1) is 0 Å². The van der Waals surface area contributed by atoms with Crippen LogP contribution in [0.15, 0.2) is 16.9 Å². The van der Waals surface area contributed by atoms with Crippen molar-refractivity contribution in [1.82, 2.24) is 19.8 Å². The predicted octanol–water partition coefficient (Wildman–Crippen LogP) is 1.41. The lowest BCUT2D eigenvalue weighted by molar-refractivity contribution is 0.446. The van der Waals surface area contributed by atoms with Crippen LogP contribution in [0.1, 0.15) is 25.7 Å². The van der Waals surface area contributed by atoms with Crippen molar-refractivity contribution in [1.29, 1.82) is 0 Å². The van der Waals surface area contributed by atoms with Gasteiger partial charge in [0, 0.05) is 18.5 Å². The Bertz CT molecular complexity index is 620. The molecule has 1 saturated heterocycles. The molecule has 0 radical (unpaired) electrons. The van der Waals surface area contributed by atoms with Crippen LogP contribution in [0.5, 0.6) is 0 Å². The van der Waals surface area contributed by atoms with Gasteiger partial charge < -0.3 is 4.90 Å². The Balaban J connectivity index is 1.96. The number of nitrogens with one attached hydrogen (secondary N) is 1. The van der Waals surface area contributed by atoms with E-state index in [1.165, 1.54) is 10.9 Å². The monoisotopic (exact) mass is 281 g/mol. The number of nitrogens with zero attached hydrogens (tertiary/aromatic N) is 4. The lowest BCUT2D eigenvalue weighted by atomic mass is 10.00. The molecule has 2 aromatic heterocycles. The van der Waals surface area contributed by atoms with Gasteiger partial charge in [-0.25, -0.2) is 9.89 Å². The minimum atomic E-state index is -0.303. The largest absolute Gasteiger partial charge is 0.364 e. The average Bonchev–Trinajstić information content (AvgIpc) is 2.81. The molecule has 1 aliphatic heterocycles. The number of aromatic nitrogens is 4. The number of H-pyrrole nitrogens is 1. The van der Waals surface area contributed by atoms with E-state index in [1.54, 1.807) is 0 Å². The third-order valence-electron chi connectivity index (χ3n) is 3.62. The van der Waals surface area contributed by atoms with Crippen LogP contribution in [0.3, 0.4) is 0 Å². The summed E-state index contributed by atoms with van der Waals surface area (Å²) in [5.41, 5.74) is 0.238. The number of fused-ring (bicyclic) bond motifs is 1. The van der Waals surface area contributed by atoms with Gasteiger partial charge in [0.1, 0.15) is 5.82 Å². The van der Waals surface area contributed by atoms with Crippen LogP contribution < -0.4 is 10.6 Å². The number of hydrogen-bond acceptors (Lipinski definition) is 4. The van der Waals surface area contributed by atoms with Crippen molar-refractivity contribution in [3.8, 4) is 0 Å². The van der Waals surface area contributed by atoms with Crippen molar-refractivity contribution in [3.63, 3.8) is 0 Å². The number of halogens is 1. The minimum Gasteiger partial charge on any atom is -0.352 e. The first-order valence-electron chi connectivity index (χ1n) is 6.56. The Morgan fingerprint density at radius 1 is 1.42 bits per heavy atom. The lowest BCUT2D eigenvalue weighted by Gasteiger charge is -2.36. The van der Waals surface area contributed by atoms with E-state index in [1.807, 2.05) is 12.1 Å². The first-order chi connectivity index (χ1) is 9.29. The summed E-state index contributed by atoms with van der Waals surface area (Å²) >= 11 is 5.87. The molecular weight excluding hydrogens is 266 g/mol. The van der Waals surface area contributed by atoms with Crippen LogP contribution in [0.2, 0.25) is 0 Å². The Labute approximate surface area is 115 Å². The van der Waals surface area contributed by atoms with Crippen LogP contribution in [-0.2, 0) is 0 Å². The highest BCUT2D eigenvalue weighted by Crippen LogP contribution is 2.25. The third-order valence-corrected chi connectivity index (χ3v) is 3.84. The molecule has 19 heavy (non-hydrogen) atoms. The molecule has 1 atom stereocenters. The van der Waals surface area contributed by atoms with E-state index >= 15 is 0 Å². The molecular formula is C12H16ClN5O. The maximum absolute atomic E-state index is 11.6. The zero-order chi connectivity index (χ0) is 13.2. The van der Waals surface area contributed by atoms with Crippen molar-refractivity contribution >= 4 is 23.1 Å². The van der Waals surface area contributed by atoms with E-state index < -0.39 is 0 Å². The standard InChI is InChI=1S/C12H16ClN5O/c13-7-6-9-3-1-2-8-17(9)11-5-4-10-14-15-12(19)18(10)16-11/h4-5,9H,1-3,6-8H2,(H,15,19). The summed E-state index contributed by atoms with van der Waals surface area (Å²) in [7, 11) is 0. The molecule has 0 saturated carbocycles. The zero-order valence-electron chi connectivity index (χ0n) is 10.5. The van der Waals surface area contributed by atoms with Crippen LogP contribution >= 0.6 is 11.6 Å². The third kappa shape index (κ3) is 2.32. The van der Waals surface area contributed by atoms with E-state index in [0.717, 1.165) is 31.6 Å². The van der Waals surface area contributed by atoms with Gasteiger partial charge in [-0.05, 0) is 37.8 Å². The van der Waals surface area contributed by atoms with E-state index in [2.05, 4.69) is 20.2 Å². The molecule has 7 heteroatoms. The first kappa shape index (κ1) is 12.5. The highest BCUT2D eigenvalue weighted by molar-refractivity contribution is 6.17. The second-order valence-corrected chi connectivity index (χ2v) is 5.19. The number of anilines is 1. The average molecular weight is 282 g/mol. The summed E-state index contributed by atoms with van der Waals surface area (Å²) in [6.07, 6.45) is 4.46. The van der Waals surface area contributed by atoms with E-state index in [9.17, 15) is 4.79 Å². The first-order valence-corrected chi connectivity index (χ1v) is 7.10. The minimum absolute atomic E-state index is 0.303. The second-order valence-electron chi connectivity index (χ2n) is 4.81. The predicted molar refractivity (Wildman–Crippen MR) is 73.9 cm³/mol. The number of piperidine rings is 1. The quantitative estimate of drug-likeness (QED) is 0.864. The molecule has 0 aliphatic carbocycles. The van der Waals surface area contributed by atoms with Gasteiger partial charge in [0.15, 0.2) is 5.65 Å². The molecule has 6 nitrogen and oxygen atoms in total. The molecule has 102 valence electrons. The van der Waals surface area contributed by atoms with Gasteiger partial charge in [-0.15, -0.1) is 16.7 Å². The van der Waals surface area contributed by atoms with E-state index in [-0.39, 0.29) is 5.69 Å². The molecule has 0 aromatic carbocycles. The van der Waals surface area contributed by atoms with E-state index in [0.29, 0.717) is 17.6 Å². The van der Waals surface area contributed by atoms with Crippen molar-refractivity contribution in [2.24, 2.45) is 0 Å². The fourth-order valence-electron chi connectivity index (χ4n) is 2.67. The van der Waals surface area contributed by atoms with E-state index in [4.69, 9.17) is 11.6 Å². The molecule has 2 aromatic rings. The molecule has 0 bridgehead atoms. The number of alkyl halides is 1. The maximum atomic E-state index is 11.6. The topological polar surface area (TPSA) is 66.3 Å². The fourth-order valence-corrected chi connectivity index (χ4v) is 2.93. The molecule has 1 N–H and O–H groups in total. The summed E-state index contributed by atoms with van der Waals surface area (Å²) in [6, 6.07) is 4.15. The van der Waals surface area contributed by atoms with Crippen molar-refractivity contribution in [2.45, 2.75) is 31.7 Å². The van der Waals surface area contributed by atoms with Gasteiger partial charge in [-0.1, -0.05) is 0 Å². The Hall–Kier alpha value is -1.56. The lowest BCUT2D eigenvalue weighted by Crippen LogP contribution is -2.40. The number of rotatable bonds is 3. The summed E-state index contributed by atoms with van der Waals surface area (Å²) < 4.78 is 1.31. The normalized spacial score (nSPS) is 20.1. The number of aromatic amines is 1. The van der Waals surface area contributed by atoms with Crippen LogP contribution in [0.25, 0.3) is 5.65 Å². The zero-order valence-corrected chi connectivity index (χ0v) is 11.3. The highest BCUT2D eigenvalue weighted by Gasteiger charge is 2.23. The van der Waals surface area contributed by atoms with Gasteiger partial charge >= 0.3 is 5.69 Å². The van der Waals surface area contributed by atoms with Crippen molar-refractivity contribution in [2.75, 3.05) is 17.3 Å². The van der Waals surface area contributed by atoms with Gasteiger partial charge in [-0.3, -0.25) is 0 Å². The Kier molecular flexibility index (Phi) is 3.42. The summed E-state index contributed by atoms with van der Waals surface area (Å²) in [6.45, 7) is 0.965. The maximum Gasteiger partial charge on any atom is 0.364 e. The van der Waals surface area contributed by atoms with Gasteiger partial charge in [0.2, 0.25) is 0 Å². The molecule has 0 spiro atoms. The van der Waals surface area contributed by atoms with Gasteiger partial charge in [0.05, 0.1) is 0 Å². The molecule has 0 amide bonds. The smallest absolute Gasteiger partial charge is 0.352 e. The molecule has 1 unspecified atom stereocenters. The fraction of sp³-hybridized carbons (Fsp3) is 0.583. The van der Waals surface area contributed by atoms with Crippen molar-refractivity contribution < 1.29 is 0 Å². The Morgan fingerprint density at radius 3 is 3.16 bits per heavy atom. The molecule has 1 aliphatic rings. The molecule has 1 fully saturated rings. The summed E-state index contributed by atoms with van der Waals surface area (Å²) in [4.78, 5) is 13.8. The Morgan fingerprint density at radius 2 is 2.32 bits per heavy atom. The molecule has 3 rings (SSSR count). The van der Waals surface area contributed by atoms with Crippen LogP contribution in [-0.4, -0.2) is 38.3 Å².